The van der Waals surface area contributed by atoms with Crippen LogP contribution in [0.3, 0.4) is 0 Å². The highest BCUT2D eigenvalue weighted by Crippen LogP contribution is 2.17. The standard InChI is InChI=1S/C12H14N2O2/c1-3-16-12(11(15)13-2)8-9-6-4-5-7-10(9)14-12/h4-8H,3H2,1-2H3,(H,13,15). The third-order valence-corrected chi connectivity index (χ3v) is 2.49. The fourth-order valence-electron chi connectivity index (χ4n) is 1.79. The topological polar surface area (TPSA) is 50.7 Å². The molecule has 0 fully saturated rings. The Kier molecular flexibility index (Phi) is 2.75. The first-order chi connectivity index (χ1) is 7.72. The maximum absolute atomic E-state index is 11.8. The number of fused-ring (bicyclic) bond motifs is 1. The Morgan fingerprint density at radius 1 is 1.50 bits per heavy atom. The molecule has 0 aromatic heterocycles. The van der Waals surface area contributed by atoms with Gasteiger partial charge in [0.05, 0.1) is 5.36 Å². The van der Waals surface area contributed by atoms with E-state index < -0.39 is 5.72 Å². The van der Waals surface area contributed by atoms with Gasteiger partial charge in [0, 0.05) is 18.9 Å². The minimum atomic E-state index is -1.19. The number of nitrogens with zero attached hydrogens (tertiary/aromatic N) is 1. The van der Waals surface area contributed by atoms with Crippen LogP contribution in [0.1, 0.15) is 6.92 Å². The van der Waals surface area contributed by atoms with Gasteiger partial charge < -0.3 is 10.1 Å². The first-order valence-corrected chi connectivity index (χ1v) is 5.26. The Morgan fingerprint density at radius 2 is 2.25 bits per heavy atom. The molecule has 0 bridgehead atoms. The van der Waals surface area contributed by atoms with Gasteiger partial charge in [-0.1, -0.05) is 18.2 Å². The van der Waals surface area contributed by atoms with Crippen molar-refractivity contribution in [2.45, 2.75) is 12.6 Å². The van der Waals surface area contributed by atoms with Crippen LogP contribution in [-0.4, -0.2) is 25.3 Å². The SMILES string of the molecule is CCOC1(C(=O)NC)C=c2ccccc2=N1. The summed E-state index contributed by atoms with van der Waals surface area (Å²) in [6, 6.07) is 7.59. The van der Waals surface area contributed by atoms with Crippen LogP contribution >= 0.6 is 0 Å². The largest absolute Gasteiger partial charge is 0.355 e. The van der Waals surface area contributed by atoms with Crippen molar-refractivity contribution in [1.29, 1.82) is 0 Å². The minimum absolute atomic E-state index is 0.245. The molecule has 1 atom stereocenters. The Hall–Kier alpha value is -1.68. The maximum atomic E-state index is 11.8. The predicted molar refractivity (Wildman–Crippen MR) is 60.1 cm³/mol. The quantitative estimate of drug-likeness (QED) is 0.749. The fraction of sp³-hybridized carbons (Fsp3) is 0.333. The van der Waals surface area contributed by atoms with Crippen LogP contribution in [-0.2, 0) is 9.53 Å². The summed E-state index contributed by atoms with van der Waals surface area (Å²) in [6.07, 6.45) is 1.75. The molecule has 4 heteroatoms. The van der Waals surface area contributed by atoms with Crippen LogP contribution in [0.25, 0.3) is 6.08 Å². The minimum Gasteiger partial charge on any atom is -0.355 e. The number of benzene rings is 1. The molecule has 0 saturated carbocycles. The number of carbonyl (C=O) groups excluding carboxylic acids is 1. The van der Waals surface area contributed by atoms with Crippen molar-refractivity contribution in [2.75, 3.05) is 13.7 Å². The number of hydrogen-bond donors (Lipinski definition) is 1. The number of para-hydroxylation sites is 1. The average molecular weight is 218 g/mol. The highest BCUT2D eigenvalue weighted by atomic mass is 16.5. The number of rotatable bonds is 3. The molecule has 1 aliphatic heterocycles. The first kappa shape index (κ1) is 10.8. The average Bonchev–Trinajstić information content (AvgIpc) is 2.67. The molecule has 1 amide bonds. The van der Waals surface area contributed by atoms with Gasteiger partial charge in [0.25, 0.3) is 11.6 Å². The number of likely N-dealkylation sites (N-methyl/N-ethyl adjacent to an activating group) is 1. The van der Waals surface area contributed by atoms with Gasteiger partial charge >= 0.3 is 0 Å². The van der Waals surface area contributed by atoms with Crippen molar-refractivity contribution in [3.63, 3.8) is 0 Å². The lowest BCUT2D eigenvalue weighted by Gasteiger charge is -2.21. The summed E-state index contributed by atoms with van der Waals surface area (Å²) in [6.45, 7) is 2.28. The van der Waals surface area contributed by atoms with E-state index in [0.29, 0.717) is 6.61 Å². The monoisotopic (exact) mass is 218 g/mol. The van der Waals surface area contributed by atoms with E-state index in [1.807, 2.05) is 31.2 Å². The van der Waals surface area contributed by atoms with Crippen molar-refractivity contribution in [3.8, 4) is 0 Å². The number of carbonyl (C=O) groups is 1. The Balaban J connectivity index is 2.54. The highest BCUT2D eigenvalue weighted by Gasteiger charge is 2.37. The van der Waals surface area contributed by atoms with Gasteiger partial charge in [0.1, 0.15) is 0 Å². The highest BCUT2D eigenvalue weighted by molar-refractivity contribution is 5.92. The second-order valence-electron chi connectivity index (χ2n) is 3.52. The van der Waals surface area contributed by atoms with Gasteiger partial charge in [-0.2, -0.15) is 0 Å². The molecule has 0 saturated heterocycles. The molecule has 16 heavy (non-hydrogen) atoms. The van der Waals surface area contributed by atoms with Crippen LogP contribution < -0.4 is 15.9 Å². The lowest BCUT2D eigenvalue weighted by atomic mass is 10.2. The Morgan fingerprint density at radius 3 is 2.88 bits per heavy atom. The summed E-state index contributed by atoms with van der Waals surface area (Å²) in [4.78, 5) is 16.2. The summed E-state index contributed by atoms with van der Waals surface area (Å²) < 4.78 is 5.49. The third kappa shape index (κ3) is 1.61. The summed E-state index contributed by atoms with van der Waals surface area (Å²) in [5.74, 6) is -0.245. The fourth-order valence-corrected chi connectivity index (χ4v) is 1.79. The lowest BCUT2D eigenvalue weighted by Crippen LogP contribution is -2.44. The molecule has 0 radical (unpaired) electrons. The van der Waals surface area contributed by atoms with E-state index in [9.17, 15) is 4.79 Å². The zero-order valence-electron chi connectivity index (χ0n) is 9.36. The first-order valence-electron chi connectivity index (χ1n) is 5.26. The van der Waals surface area contributed by atoms with Crippen LogP contribution in [0.15, 0.2) is 29.3 Å². The van der Waals surface area contributed by atoms with Crippen LogP contribution in [0.2, 0.25) is 0 Å². The van der Waals surface area contributed by atoms with E-state index in [2.05, 4.69) is 10.3 Å². The Labute approximate surface area is 93.6 Å². The van der Waals surface area contributed by atoms with Gasteiger partial charge in [-0.25, -0.2) is 4.99 Å². The molecule has 1 aromatic rings. The molecule has 1 unspecified atom stereocenters. The number of hydrogen-bond acceptors (Lipinski definition) is 3. The maximum Gasteiger partial charge on any atom is 0.279 e. The van der Waals surface area contributed by atoms with Crippen LogP contribution in [0.4, 0.5) is 0 Å². The van der Waals surface area contributed by atoms with Gasteiger partial charge in [0.2, 0.25) is 0 Å². The normalized spacial score (nSPS) is 21.9. The number of ether oxygens (including phenoxy) is 1. The molecule has 0 spiro atoms. The van der Waals surface area contributed by atoms with E-state index in [-0.39, 0.29) is 5.91 Å². The summed E-state index contributed by atoms with van der Waals surface area (Å²) in [7, 11) is 1.58. The molecule has 2 rings (SSSR count). The second-order valence-corrected chi connectivity index (χ2v) is 3.52. The van der Waals surface area contributed by atoms with E-state index in [0.717, 1.165) is 10.6 Å². The smallest absolute Gasteiger partial charge is 0.279 e. The lowest BCUT2D eigenvalue weighted by molar-refractivity contribution is -0.137. The van der Waals surface area contributed by atoms with Crippen molar-refractivity contribution in [2.24, 2.45) is 4.99 Å². The zero-order valence-corrected chi connectivity index (χ0v) is 9.36. The molecule has 1 heterocycles. The Bertz CT molecular complexity index is 487. The second kappa shape index (κ2) is 4.06. The molecule has 0 aliphatic carbocycles. The van der Waals surface area contributed by atoms with E-state index in [1.165, 1.54) is 0 Å². The molecule has 84 valence electrons. The van der Waals surface area contributed by atoms with Crippen LogP contribution in [0, 0.1) is 0 Å². The molecule has 4 nitrogen and oxygen atoms in total. The molecular weight excluding hydrogens is 204 g/mol. The zero-order chi connectivity index (χ0) is 11.6. The van der Waals surface area contributed by atoms with Crippen molar-refractivity contribution in [3.05, 3.63) is 34.8 Å². The van der Waals surface area contributed by atoms with Gasteiger partial charge in [-0.3, -0.25) is 4.79 Å². The third-order valence-electron chi connectivity index (χ3n) is 2.49. The van der Waals surface area contributed by atoms with E-state index >= 15 is 0 Å². The van der Waals surface area contributed by atoms with Crippen molar-refractivity contribution < 1.29 is 9.53 Å². The van der Waals surface area contributed by atoms with E-state index in [1.54, 1.807) is 13.1 Å². The molecular formula is C12H14N2O2. The summed E-state index contributed by atoms with van der Waals surface area (Å²) in [5.41, 5.74) is -1.19. The van der Waals surface area contributed by atoms with E-state index in [4.69, 9.17) is 4.74 Å². The van der Waals surface area contributed by atoms with Crippen molar-refractivity contribution >= 4 is 12.0 Å². The molecule has 1 aliphatic rings. The summed E-state index contributed by atoms with van der Waals surface area (Å²) >= 11 is 0. The predicted octanol–water partition coefficient (Wildman–Crippen LogP) is -0.421. The molecule has 1 N–H and O–H groups in total. The number of nitrogens with one attached hydrogen (secondary N) is 1. The van der Waals surface area contributed by atoms with Gasteiger partial charge in [0.15, 0.2) is 0 Å². The van der Waals surface area contributed by atoms with Crippen molar-refractivity contribution in [1.82, 2.24) is 5.32 Å². The van der Waals surface area contributed by atoms with Gasteiger partial charge in [-0.05, 0) is 19.1 Å². The van der Waals surface area contributed by atoms with Gasteiger partial charge in [-0.15, -0.1) is 0 Å². The number of amides is 1. The summed E-state index contributed by atoms with van der Waals surface area (Å²) in [5, 5.41) is 4.30. The molecule has 1 aromatic carbocycles. The van der Waals surface area contributed by atoms with Crippen LogP contribution in [0.5, 0.6) is 0 Å².